The highest BCUT2D eigenvalue weighted by Gasteiger charge is 2.21. The first-order valence-corrected chi connectivity index (χ1v) is 9.93. The fraction of sp³-hybridized carbons (Fsp3) is 0.0952. The molecule has 2 aromatic heterocycles. The minimum Gasteiger partial charge on any atom is -0.363 e. The van der Waals surface area contributed by atoms with Gasteiger partial charge in [0.2, 0.25) is 0 Å². The average molecular weight is 378 g/mol. The van der Waals surface area contributed by atoms with Crippen LogP contribution in [0.25, 0.3) is 22.4 Å². The van der Waals surface area contributed by atoms with Gasteiger partial charge in [-0.05, 0) is 43.7 Å². The summed E-state index contributed by atoms with van der Waals surface area (Å²) < 4.78 is 32.4. The molecule has 4 aromatic rings. The molecule has 27 heavy (non-hydrogen) atoms. The van der Waals surface area contributed by atoms with E-state index in [9.17, 15) is 8.42 Å². The van der Waals surface area contributed by atoms with Crippen LogP contribution < -0.4 is 0 Å². The van der Waals surface area contributed by atoms with E-state index in [1.54, 1.807) is 56.5 Å². The first kappa shape index (κ1) is 17.3. The van der Waals surface area contributed by atoms with E-state index in [1.807, 2.05) is 30.3 Å². The molecule has 0 saturated carbocycles. The first-order chi connectivity index (χ1) is 13.0. The van der Waals surface area contributed by atoms with E-state index in [2.05, 4.69) is 5.16 Å². The van der Waals surface area contributed by atoms with Crippen molar-refractivity contribution in [1.29, 1.82) is 0 Å². The zero-order chi connectivity index (χ0) is 19.0. The van der Waals surface area contributed by atoms with Gasteiger partial charge in [-0.3, -0.25) is 0 Å². The van der Waals surface area contributed by atoms with Gasteiger partial charge in [-0.1, -0.05) is 47.6 Å². The molecule has 6 heteroatoms. The van der Waals surface area contributed by atoms with Crippen molar-refractivity contribution >= 4 is 10.0 Å². The topological polar surface area (TPSA) is 65.1 Å². The van der Waals surface area contributed by atoms with Gasteiger partial charge in [0.05, 0.1) is 4.90 Å². The van der Waals surface area contributed by atoms with Crippen molar-refractivity contribution in [2.45, 2.75) is 18.7 Å². The largest absolute Gasteiger partial charge is 0.363 e. The van der Waals surface area contributed by atoms with Crippen LogP contribution in [-0.2, 0) is 10.0 Å². The van der Waals surface area contributed by atoms with E-state index in [1.165, 1.54) is 3.97 Å². The quantitative estimate of drug-likeness (QED) is 0.518. The molecule has 136 valence electrons. The number of benzene rings is 2. The van der Waals surface area contributed by atoms with Gasteiger partial charge in [-0.2, -0.15) is 0 Å². The number of hydrogen-bond acceptors (Lipinski definition) is 4. The fourth-order valence-corrected chi connectivity index (χ4v) is 4.76. The molecule has 0 aliphatic rings. The Morgan fingerprint density at radius 2 is 1.44 bits per heavy atom. The molecule has 0 bridgehead atoms. The lowest BCUT2D eigenvalue weighted by molar-refractivity contribution is 0.422. The van der Waals surface area contributed by atoms with Gasteiger partial charge < -0.3 is 4.52 Å². The molecule has 0 radical (unpaired) electrons. The third kappa shape index (κ3) is 2.98. The highest BCUT2D eigenvalue weighted by Crippen LogP contribution is 2.32. The Morgan fingerprint density at radius 3 is 2.07 bits per heavy atom. The van der Waals surface area contributed by atoms with Crippen LogP contribution in [0.4, 0.5) is 0 Å². The lowest BCUT2D eigenvalue weighted by atomic mass is 10.0. The number of rotatable bonds is 4. The zero-order valence-electron chi connectivity index (χ0n) is 15.0. The van der Waals surface area contributed by atoms with Crippen LogP contribution in [0, 0.1) is 13.8 Å². The van der Waals surface area contributed by atoms with Gasteiger partial charge in [0.15, 0.2) is 0 Å². The summed E-state index contributed by atoms with van der Waals surface area (Å²) in [6.45, 7) is 3.56. The van der Waals surface area contributed by atoms with Crippen molar-refractivity contribution in [2.24, 2.45) is 0 Å². The second-order valence-electron chi connectivity index (χ2n) is 6.35. The van der Waals surface area contributed by atoms with Crippen LogP contribution >= 0.6 is 0 Å². The van der Waals surface area contributed by atoms with Crippen LogP contribution in [0.2, 0.25) is 0 Å². The van der Waals surface area contributed by atoms with Crippen molar-refractivity contribution in [3.63, 3.8) is 0 Å². The molecule has 0 amide bonds. The molecule has 2 heterocycles. The first-order valence-electron chi connectivity index (χ1n) is 8.49. The second-order valence-corrected chi connectivity index (χ2v) is 8.14. The van der Waals surface area contributed by atoms with Crippen LogP contribution in [-0.4, -0.2) is 17.5 Å². The Balaban J connectivity index is 1.74. The van der Waals surface area contributed by atoms with Gasteiger partial charge >= 0.3 is 0 Å². The number of aromatic nitrogens is 2. The number of aryl methyl sites for hydroxylation is 2. The van der Waals surface area contributed by atoms with E-state index in [0.29, 0.717) is 11.4 Å². The Bertz CT molecular complexity index is 1170. The highest BCUT2D eigenvalue weighted by atomic mass is 32.2. The Morgan fingerprint density at radius 1 is 0.815 bits per heavy atom. The maximum absolute atomic E-state index is 13.0. The summed E-state index contributed by atoms with van der Waals surface area (Å²) in [4.78, 5) is 0.242. The summed E-state index contributed by atoms with van der Waals surface area (Å²) in [5.74, 6) is 0. The smallest absolute Gasteiger partial charge is 0.268 e. The van der Waals surface area contributed by atoms with E-state index < -0.39 is 10.0 Å². The molecule has 5 nitrogen and oxygen atoms in total. The fourth-order valence-electron chi connectivity index (χ4n) is 3.19. The van der Waals surface area contributed by atoms with Crippen molar-refractivity contribution in [2.75, 3.05) is 0 Å². The zero-order valence-corrected chi connectivity index (χ0v) is 15.8. The van der Waals surface area contributed by atoms with Crippen LogP contribution in [0.5, 0.6) is 0 Å². The molecule has 0 aliphatic carbocycles. The summed E-state index contributed by atoms with van der Waals surface area (Å²) in [5.41, 5.74) is 4.69. The number of hydrogen-bond donors (Lipinski definition) is 0. The molecule has 0 N–H and O–H groups in total. The molecule has 0 aliphatic heterocycles. The molecule has 2 aromatic carbocycles. The van der Waals surface area contributed by atoms with Gasteiger partial charge in [0.25, 0.3) is 10.0 Å². The van der Waals surface area contributed by atoms with Crippen molar-refractivity contribution in [1.82, 2.24) is 9.13 Å². The predicted octanol–water partition coefficient (Wildman–Crippen LogP) is 4.66. The third-order valence-electron chi connectivity index (χ3n) is 4.53. The summed E-state index contributed by atoms with van der Waals surface area (Å²) in [6, 6.07) is 20.1. The highest BCUT2D eigenvalue weighted by molar-refractivity contribution is 7.90. The van der Waals surface area contributed by atoms with E-state index in [4.69, 9.17) is 4.52 Å². The average Bonchev–Trinajstić information content (AvgIpc) is 3.29. The molecule has 0 fully saturated rings. The van der Waals surface area contributed by atoms with Crippen LogP contribution in [0.15, 0.2) is 82.4 Å². The van der Waals surface area contributed by atoms with Gasteiger partial charge in [-0.15, -0.1) is 0 Å². The van der Waals surface area contributed by atoms with E-state index in [-0.39, 0.29) is 4.90 Å². The SMILES string of the molecule is Cc1ccc(C)n1S(=O)(=O)c1ccc(-c2conc2-c2ccccc2)cc1. The monoisotopic (exact) mass is 378 g/mol. The molecule has 0 spiro atoms. The normalized spacial score (nSPS) is 11.6. The molecule has 0 atom stereocenters. The molecular formula is C21H18N2O3S. The summed E-state index contributed by atoms with van der Waals surface area (Å²) >= 11 is 0. The Labute approximate surface area is 157 Å². The van der Waals surface area contributed by atoms with Crippen molar-refractivity contribution in [3.05, 3.63) is 84.4 Å². The standard InChI is InChI=1S/C21H18N2O3S/c1-15-8-9-16(2)23(15)27(24,25)19-12-10-17(11-13-19)20-14-26-22-21(20)18-6-4-3-5-7-18/h3-14H,1-2H3. The minimum absolute atomic E-state index is 0.242. The summed E-state index contributed by atoms with van der Waals surface area (Å²) in [7, 11) is -3.63. The van der Waals surface area contributed by atoms with Gasteiger partial charge in [-0.25, -0.2) is 12.4 Å². The third-order valence-corrected chi connectivity index (χ3v) is 6.45. The van der Waals surface area contributed by atoms with Crippen molar-refractivity contribution < 1.29 is 12.9 Å². The minimum atomic E-state index is -3.63. The van der Waals surface area contributed by atoms with Gasteiger partial charge in [0.1, 0.15) is 12.0 Å². The van der Waals surface area contributed by atoms with Crippen LogP contribution in [0.3, 0.4) is 0 Å². The maximum Gasteiger partial charge on any atom is 0.268 e. The molecular weight excluding hydrogens is 360 g/mol. The van der Waals surface area contributed by atoms with Crippen LogP contribution in [0.1, 0.15) is 11.4 Å². The molecule has 0 unspecified atom stereocenters. The lowest BCUT2D eigenvalue weighted by Gasteiger charge is -2.11. The Hall–Kier alpha value is -3.12. The maximum atomic E-state index is 13.0. The van der Waals surface area contributed by atoms with Gasteiger partial charge in [0, 0.05) is 22.5 Å². The predicted molar refractivity (Wildman–Crippen MR) is 104 cm³/mol. The summed E-state index contributed by atoms with van der Waals surface area (Å²) in [6.07, 6.45) is 1.58. The van der Waals surface area contributed by atoms with E-state index in [0.717, 1.165) is 22.4 Å². The second kappa shape index (κ2) is 6.55. The van der Waals surface area contributed by atoms with E-state index >= 15 is 0 Å². The lowest BCUT2D eigenvalue weighted by Crippen LogP contribution is -2.15. The van der Waals surface area contributed by atoms with Crippen molar-refractivity contribution in [3.8, 4) is 22.4 Å². The number of nitrogens with zero attached hydrogens (tertiary/aromatic N) is 2. The summed E-state index contributed by atoms with van der Waals surface area (Å²) in [5, 5.41) is 4.10. The molecule has 4 rings (SSSR count). The Kier molecular flexibility index (Phi) is 4.20. The molecule has 0 saturated heterocycles.